The van der Waals surface area contributed by atoms with Crippen molar-refractivity contribution >= 4 is 34.7 Å². The van der Waals surface area contributed by atoms with E-state index in [1.165, 1.54) is 25.2 Å². The lowest BCUT2D eigenvalue weighted by Crippen LogP contribution is -2.04. The molecule has 0 aliphatic heterocycles. The number of anilines is 3. The van der Waals surface area contributed by atoms with Gasteiger partial charge in [-0.15, -0.1) is 0 Å². The van der Waals surface area contributed by atoms with Gasteiger partial charge in [0.25, 0.3) is 0 Å². The average Bonchev–Trinajstić information content (AvgIpc) is 2.42. The Morgan fingerprint density at radius 1 is 1.45 bits per heavy atom. The van der Waals surface area contributed by atoms with E-state index in [4.69, 9.17) is 11.6 Å². The van der Waals surface area contributed by atoms with E-state index < -0.39 is 10.7 Å². The van der Waals surface area contributed by atoms with Crippen molar-refractivity contribution in [3.63, 3.8) is 0 Å². The Kier molecular flexibility index (Phi) is 3.94. The molecular weight excluding hydrogens is 289 g/mol. The zero-order chi connectivity index (χ0) is 14.7. The molecule has 2 N–H and O–H groups in total. The van der Waals surface area contributed by atoms with Crippen LogP contribution in [0, 0.1) is 15.9 Å². The molecule has 0 amide bonds. The molecule has 2 aromatic rings. The van der Waals surface area contributed by atoms with Gasteiger partial charge in [-0.05, 0) is 18.2 Å². The van der Waals surface area contributed by atoms with E-state index in [1.807, 2.05) is 0 Å². The fraction of sp³-hybridized carbons (Fsp3) is 0.0909. The number of benzene rings is 1. The molecule has 0 atom stereocenters. The summed E-state index contributed by atoms with van der Waals surface area (Å²) in [5.74, 6) is -0.434. The normalized spacial score (nSPS) is 10.2. The first-order chi connectivity index (χ1) is 9.51. The van der Waals surface area contributed by atoms with Crippen molar-refractivity contribution in [2.24, 2.45) is 0 Å². The molecule has 0 saturated heterocycles. The van der Waals surface area contributed by atoms with Gasteiger partial charge in [0.2, 0.25) is 11.8 Å². The van der Waals surface area contributed by atoms with E-state index in [0.29, 0.717) is 5.69 Å². The lowest BCUT2D eigenvalue weighted by molar-refractivity contribution is -0.384. The summed E-state index contributed by atoms with van der Waals surface area (Å²) in [4.78, 5) is 17.9. The second-order valence-corrected chi connectivity index (χ2v) is 4.10. The van der Waals surface area contributed by atoms with E-state index in [2.05, 4.69) is 20.6 Å². The number of nitrogens with zero attached hydrogens (tertiary/aromatic N) is 3. The molecule has 104 valence electrons. The topological polar surface area (TPSA) is 93.0 Å². The van der Waals surface area contributed by atoms with Gasteiger partial charge in [0, 0.05) is 12.7 Å². The van der Waals surface area contributed by atoms with Gasteiger partial charge in [-0.2, -0.15) is 4.98 Å². The SMILES string of the molecule is CNc1nc(Nc2ccc(Cl)c(F)c2)ncc1[N+](=O)[O-]. The third kappa shape index (κ3) is 2.91. The fourth-order valence-electron chi connectivity index (χ4n) is 1.46. The Morgan fingerprint density at radius 2 is 2.20 bits per heavy atom. The Balaban J connectivity index is 2.29. The fourth-order valence-corrected chi connectivity index (χ4v) is 1.57. The maximum atomic E-state index is 13.3. The van der Waals surface area contributed by atoms with Crippen molar-refractivity contribution in [3.8, 4) is 0 Å². The molecule has 0 aliphatic carbocycles. The molecule has 1 aromatic heterocycles. The highest BCUT2D eigenvalue weighted by Crippen LogP contribution is 2.24. The number of rotatable bonds is 4. The molecule has 0 bridgehead atoms. The Hall–Kier alpha value is -2.48. The first-order valence-electron chi connectivity index (χ1n) is 5.42. The van der Waals surface area contributed by atoms with Gasteiger partial charge < -0.3 is 10.6 Å². The summed E-state index contributed by atoms with van der Waals surface area (Å²) in [5.41, 5.74) is 0.128. The predicted molar refractivity (Wildman–Crippen MR) is 72.9 cm³/mol. The third-order valence-electron chi connectivity index (χ3n) is 2.38. The van der Waals surface area contributed by atoms with E-state index in [-0.39, 0.29) is 22.5 Å². The molecule has 0 fully saturated rings. The Labute approximate surface area is 118 Å². The lowest BCUT2D eigenvalue weighted by atomic mass is 10.3. The molecule has 7 nitrogen and oxygen atoms in total. The number of nitrogens with one attached hydrogen (secondary N) is 2. The van der Waals surface area contributed by atoms with Crippen LogP contribution in [0.3, 0.4) is 0 Å². The maximum absolute atomic E-state index is 13.3. The number of nitro groups is 1. The van der Waals surface area contributed by atoms with Crippen molar-refractivity contribution in [1.29, 1.82) is 0 Å². The van der Waals surface area contributed by atoms with Crippen molar-refractivity contribution in [1.82, 2.24) is 9.97 Å². The molecule has 20 heavy (non-hydrogen) atoms. The first kappa shape index (κ1) is 13.9. The minimum atomic E-state index is -0.600. The Bertz CT molecular complexity index is 667. The molecule has 9 heteroatoms. The molecular formula is C11H9ClFN5O2. The summed E-state index contributed by atoms with van der Waals surface area (Å²) < 4.78 is 13.3. The third-order valence-corrected chi connectivity index (χ3v) is 2.69. The average molecular weight is 298 g/mol. The van der Waals surface area contributed by atoms with Gasteiger partial charge in [0.15, 0.2) is 0 Å². The first-order valence-corrected chi connectivity index (χ1v) is 5.80. The monoisotopic (exact) mass is 297 g/mol. The number of halogens is 2. The van der Waals surface area contributed by atoms with Crippen LogP contribution in [0.15, 0.2) is 24.4 Å². The second kappa shape index (κ2) is 5.66. The minimum absolute atomic E-state index is 0.00363. The van der Waals surface area contributed by atoms with Gasteiger partial charge >= 0.3 is 5.69 Å². The molecule has 2 rings (SSSR count). The van der Waals surface area contributed by atoms with Crippen molar-refractivity contribution < 1.29 is 9.31 Å². The van der Waals surface area contributed by atoms with Gasteiger partial charge in [0.1, 0.15) is 12.0 Å². The molecule has 0 spiro atoms. The molecule has 0 saturated carbocycles. The maximum Gasteiger partial charge on any atom is 0.329 e. The second-order valence-electron chi connectivity index (χ2n) is 3.69. The van der Waals surface area contributed by atoms with E-state index in [1.54, 1.807) is 0 Å². The highest BCUT2D eigenvalue weighted by atomic mass is 35.5. The van der Waals surface area contributed by atoms with Crippen molar-refractivity contribution in [3.05, 3.63) is 45.4 Å². The van der Waals surface area contributed by atoms with Gasteiger partial charge in [-0.1, -0.05) is 11.6 Å². The smallest absolute Gasteiger partial charge is 0.329 e. The summed E-state index contributed by atoms with van der Waals surface area (Å²) in [6.45, 7) is 0. The standard InChI is InChI=1S/C11H9ClFN5O2/c1-14-10-9(18(19)20)5-15-11(17-10)16-6-2-3-7(12)8(13)4-6/h2-5H,1H3,(H2,14,15,16,17). The van der Waals surface area contributed by atoms with Crippen LogP contribution in [0.4, 0.5) is 27.5 Å². The van der Waals surface area contributed by atoms with Crippen LogP contribution in [-0.2, 0) is 0 Å². The van der Waals surface area contributed by atoms with Crippen LogP contribution >= 0.6 is 11.6 Å². The molecule has 1 heterocycles. The summed E-state index contributed by atoms with van der Waals surface area (Å²) >= 11 is 5.57. The zero-order valence-corrected chi connectivity index (χ0v) is 11.0. The quantitative estimate of drug-likeness (QED) is 0.665. The van der Waals surface area contributed by atoms with E-state index >= 15 is 0 Å². The molecule has 0 unspecified atom stereocenters. The summed E-state index contributed by atoms with van der Waals surface area (Å²) in [6.07, 6.45) is 1.06. The van der Waals surface area contributed by atoms with E-state index in [9.17, 15) is 14.5 Å². The Morgan fingerprint density at radius 3 is 2.80 bits per heavy atom. The molecule has 0 aliphatic rings. The number of hydrogen-bond donors (Lipinski definition) is 2. The number of aromatic nitrogens is 2. The van der Waals surface area contributed by atoms with Gasteiger partial charge in [0.05, 0.1) is 9.95 Å². The zero-order valence-electron chi connectivity index (χ0n) is 10.2. The predicted octanol–water partition coefficient (Wildman–Crippen LogP) is 2.96. The van der Waals surface area contributed by atoms with Crippen molar-refractivity contribution in [2.75, 3.05) is 17.7 Å². The van der Waals surface area contributed by atoms with Crippen LogP contribution in [0.1, 0.15) is 0 Å². The van der Waals surface area contributed by atoms with Crippen LogP contribution in [0.5, 0.6) is 0 Å². The van der Waals surface area contributed by atoms with Gasteiger partial charge in [-0.3, -0.25) is 10.1 Å². The highest BCUT2D eigenvalue weighted by molar-refractivity contribution is 6.30. The number of hydrogen-bond acceptors (Lipinski definition) is 6. The van der Waals surface area contributed by atoms with E-state index in [0.717, 1.165) is 6.20 Å². The van der Waals surface area contributed by atoms with Crippen LogP contribution < -0.4 is 10.6 Å². The summed E-state index contributed by atoms with van der Waals surface area (Å²) in [7, 11) is 1.50. The van der Waals surface area contributed by atoms with Gasteiger partial charge in [-0.25, -0.2) is 9.37 Å². The van der Waals surface area contributed by atoms with Crippen LogP contribution in [-0.4, -0.2) is 21.9 Å². The van der Waals surface area contributed by atoms with Crippen LogP contribution in [0.2, 0.25) is 5.02 Å². The summed E-state index contributed by atoms with van der Waals surface area (Å²) in [5, 5.41) is 16.1. The minimum Gasteiger partial charge on any atom is -0.367 e. The highest BCUT2D eigenvalue weighted by Gasteiger charge is 2.16. The molecule has 0 radical (unpaired) electrons. The summed E-state index contributed by atoms with van der Waals surface area (Å²) in [6, 6.07) is 4.09. The lowest BCUT2D eigenvalue weighted by Gasteiger charge is -2.07. The largest absolute Gasteiger partial charge is 0.367 e. The van der Waals surface area contributed by atoms with Crippen LogP contribution in [0.25, 0.3) is 0 Å². The molecule has 1 aromatic carbocycles. The van der Waals surface area contributed by atoms with Crippen molar-refractivity contribution in [2.45, 2.75) is 0 Å².